The number of nitrogens with one attached hydrogen (secondary N) is 2. The number of aliphatic imine (C=N–C) groups is 1. The molecule has 9 heteroatoms. The molecular weight excluding hydrogens is 477 g/mol. The minimum absolute atomic E-state index is 0. The van der Waals surface area contributed by atoms with Crippen LogP contribution in [0.15, 0.2) is 34.6 Å². The first-order valence-electron chi connectivity index (χ1n) is 8.28. The lowest BCUT2D eigenvalue weighted by Crippen LogP contribution is -2.42. The Kier molecular flexibility index (Phi) is 10.1. The summed E-state index contributed by atoms with van der Waals surface area (Å²) in [5.74, 6) is 1.37. The largest absolute Gasteiger partial charge is 0.497 e. The van der Waals surface area contributed by atoms with Crippen LogP contribution in [0.25, 0.3) is 0 Å². The number of nitrogens with zero attached hydrogens (tertiary/aromatic N) is 3. The van der Waals surface area contributed by atoms with Crippen molar-refractivity contribution in [2.24, 2.45) is 4.99 Å². The highest BCUT2D eigenvalue weighted by Gasteiger charge is 2.09. The molecule has 2 aromatic rings. The molecule has 0 aliphatic carbocycles. The van der Waals surface area contributed by atoms with E-state index in [-0.39, 0.29) is 29.9 Å². The molecule has 2 N–H and O–H groups in total. The summed E-state index contributed by atoms with van der Waals surface area (Å²) >= 11 is 1.64. The lowest BCUT2D eigenvalue weighted by Gasteiger charge is -2.21. The third-order valence-corrected chi connectivity index (χ3v) is 4.51. The van der Waals surface area contributed by atoms with Gasteiger partial charge in [-0.2, -0.15) is 0 Å². The second kappa shape index (κ2) is 11.8. The first kappa shape index (κ1) is 23.2. The molecule has 0 aliphatic rings. The van der Waals surface area contributed by atoms with Gasteiger partial charge < -0.3 is 20.3 Å². The van der Waals surface area contributed by atoms with Gasteiger partial charge in [-0.05, 0) is 31.2 Å². The van der Waals surface area contributed by atoms with Crippen molar-refractivity contribution in [2.45, 2.75) is 13.5 Å². The van der Waals surface area contributed by atoms with Gasteiger partial charge in [-0.3, -0.25) is 9.79 Å². The molecule has 0 saturated carbocycles. The number of carbonyl (C=O) groups is 1. The van der Waals surface area contributed by atoms with E-state index in [9.17, 15) is 4.79 Å². The Bertz CT molecular complexity index is 748. The summed E-state index contributed by atoms with van der Waals surface area (Å²) in [7, 11) is 5.29. The maximum absolute atomic E-state index is 12.1. The molecule has 27 heavy (non-hydrogen) atoms. The number of ether oxygens (including phenoxy) is 1. The number of aryl methyl sites for hydroxylation is 1. The lowest BCUT2D eigenvalue weighted by molar-refractivity contribution is 0.0954. The minimum Gasteiger partial charge on any atom is -0.497 e. The zero-order chi connectivity index (χ0) is 18.9. The van der Waals surface area contributed by atoms with Gasteiger partial charge in [0.05, 0.1) is 24.4 Å². The molecule has 0 bridgehead atoms. The Hall–Kier alpha value is -1.88. The van der Waals surface area contributed by atoms with Crippen molar-refractivity contribution >= 4 is 47.2 Å². The summed E-state index contributed by atoms with van der Waals surface area (Å²) in [6.45, 7) is 3.75. The molecule has 1 heterocycles. The van der Waals surface area contributed by atoms with E-state index in [1.165, 1.54) is 0 Å². The number of aromatic nitrogens is 1. The maximum Gasteiger partial charge on any atom is 0.251 e. The van der Waals surface area contributed by atoms with Gasteiger partial charge in [0.25, 0.3) is 5.91 Å². The summed E-state index contributed by atoms with van der Waals surface area (Å²) in [5, 5.41) is 9.22. The van der Waals surface area contributed by atoms with Crippen LogP contribution in [0.4, 0.5) is 0 Å². The van der Waals surface area contributed by atoms with Gasteiger partial charge in [0.1, 0.15) is 5.75 Å². The van der Waals surface area contributed by atoms with Crippen LogP contribution < -0.4 is 15.4 Å². The number of amides is 1. The molecule has 0 fully saturated rings. The number of rotatable bonds is 7. The number of hydrogen-bond donors (Lipinski definition) is 2. The SMILES string of the molecule is CN=C(NCCNC(=O)c1ccc(OC)cc1)N(C)Cc1csc(C)n1.I. The van der Waals surface area contributed by atoms with Crippen molar-refractivity contribution in [1.82, 2.24) is 20.5 Å². The lowest BCUT2D eigenvalue weighted by atomic mass is 10.2. The van der Waals surface area contributed by atoms with E-state index in [2.05, 4.69) is 20.6 Å². The number of guanidine groups is 1. The fourth-order valence-electron chi connectivity index (χ4n) is 2.38. The second-order valence-electron chi connectivity index (χ2n) is 5.67. The average molecular weight is 503 g/mol. The molecule has 0 atom stereocenters. The van der Waals surface area contributed by atoms with Gasteiger partial charge in [0, 0.05) is 38.1 Å². The molecule has 1 aromatic heterocycles. The Morgan fingerprint density at radius 2 is 1.93 bits per heavy atom. The quantitative estimate of drug-likeness (QED) is 0.263. The van der Waals surface area contributed by atoms with E-state index >= 15 is 0 Å². The van der Waals surface area contributed by atoms with Gasteiger partial charge in [0.2, 0.25) is 0 Å². The zero-order valence-corrected chi connectivity index (χ0v) is 19.1. The Morgan fingerprint density at radius 1 is 1.26 bits per heavy atom. The predicted molar refractivity (Wildman–Crippen MR) is 120 cm³/mol. The summed E-state index contributed by atoms with van der Waals surface area (Å²) in [6.07, 6.45) is 0. The van der Waals surface area contributed by atoms with E-state index < -0.39 is 0 Å². The highest BCUT2D eigenvalue weighted by molar-refractivity contribution is 14.0. The second-order valence-corrected chi connectivity index (χ2v) is 6.73. The number of hydrogen-bond acceptors (Lipinski definition) is 5. The average Bonchev–Trinajstić information content (AvgIpc) is 3.06. The summed E-state index contributed by atoms with van der Waals surface area (Å²) in [5.41, 5.74) is 1.62. The number of methoxy groups -OCH3 is 1. The monoisotopic (exact) mass is 503 g/mol. The van der Waals surface area contributed by atoms with Crippen molar-refractivity contribution < 1.29 is 9.53 Å². The van der Waals surface area contributed by atoms with Crippen LogP contribution in [0.2, 0.25) is 0 Å². The first-order valence-corrected chi connectivity index (χ1v) is 9.16. The standard InChI is InChI=1S/C18H25N5O2S.HI/c1-13-22-15(12-26-13)11-23(3)18(19-2)21-10-9-20-17(24)14-5-7-16(25-4)8-6-14;/h5-8,12H,9-11H2,1-4H3,(H,19,21)(H,20,24);1H. The highest BCUT2D eigenvalue weighted by atomic mass is 127. The van der Waals surface area contributed by atoms with Crippen molar-refractivity contribution in [3.8, 4) is 5.75 Å². The van der Waals surface area contributed by atoms with Gasteiger partial charge in [-0.1, -0.05) is 0 Å². The third kappa shape index (κ3) is 7.33. The van der Waals surface area contributed by atoms with Crippen LogP contribution in [-0.2, 0) is 6.54 Å². The van der Waals surface area contributed by atoms with Crippen LogP contribution >= 0.6 is 35.3 Å². The molecule has 0 spiro atoms. The molecule has 0 radical (unpaired) electrons. The Labute approximate surface area is 181 Å². The van der Waals surface area contributed by atoms with Crippen LogP contribution in [0.5, 0.6) is 5.75 Å². The molecule has 148 valence electrons. The van der Waals surface area contributed by atoms with Crippen LogP contribution in [0.1, 0.15) is 21.1 Å². The molecule has 0 aliphatic heterocycles. The fourth-order valence-corrected chi connectivity index (χ4v) is 2.98. The van der Waals surface area contributed by atoms with Crippen molar-refractivity contribution in [2.75, 3.05) is 34.3 Å². The first-order chi connectivity index (χ1) is 12.5. The zero-order valence-electron chi connectivity index (χ0n) is 16.0. The van der Waals surface area contributed by atoms with Gasteiger partial charge >= 0.3 is 0 Å². The molecular formula is C18H26IN5O2S. The number of benzene rings is 1. The van der Waals surface area contributed by atoms with E-state index in [0.717, 1.165) is 22.4 Å². The Morgan fingerprint density at radius 3 is 2.48 bits per heavy atom. The number of carbonyl (C=O) groups excluding carboxylic acids is 1. The smallest absolute Gasteiger partial charge is 0.251 e. The van der Waals surface area contributed by atoms with Crippen LogP contribution in [0.3, 0.4) is 0 Å². The van der Waals surface area contributed by atoms with E-state index in [0.29, 0.717) is 25.2 Å². The van der Waals surface area contributed by atoms with Gasteiger partial charge in [-0.15, -0.1) is 35.3 Å². The number of halogens is 1. The molecule has 7 nitrogen and oxygen atoms in total. The normalized spacial score (nSPS) is 10.7. The molecule has 1 aromatic carbocycles. The number of thiazole rings is 1. The van der Waals surface area contributed by atoms with Crippen LogP contribution in [0, 0.1) is 6.92 Å². The van der Waals surface area contributed by atoms with Gasteiger partial charge in [-0.25, -0.2) is 4.98 Å². The van der Waals surface area contributed by atoms with Gasteiger partial charge in [0.15, 0.2) is 5.96 Å². The topological polar surface area (TPSA) is 78.8 Å². The van der Waals surface area contributed by atoms with E-state index in [1.807, 2.05) is 24.3 Å². The molecule has 2 rings (SSSR count). The predicted octanol–water partition coefficient (Wildman–Crippen LogP) is 2.52. The molecule has 0 unspecified atom stereocenters. The third-order valence-electron chi connectivity index (χ3n) is 3.68. The van der Waals surface area contributed by atoms with Crippen molar-refractivity contribution in [3.05, 3.63) is 45.9 Å². The van der Waals surface area contributed by atoms with Crippen molar-refractivity contribution in [3.63, 3.8) is 0 Å². The molecule has 0 saturated heterocycles. The van der Waals surface area contributed by atoms with Crippen LogP contribution in [-0.4, -0.2) is 56.0 Å². The Balaban J connectivity index is 0.00000364. The highest BCUT2D eigenvalue weighted by Crippen LogP contribution is 2.11. The van der Waals surface area contributed by atoms with E-state index in [1.54, 1.807) is 49.8 Å². The minimum atomic E-state index is -0.115. The maximum atomic E-state index is 12.1. The van der Waals surface area contributed by atoms with E-state index in [4.69, 9.17) is 4.74 Å². The fraction of sp³-hybridized carbons (Fsp3) is 0.389. The molecule has 1 amide bonds. The summed E-state index contributed by atoms with van der Waals surface area (Å²) < 4.78 is 5.09. The van der Waals surface area contributed by atoms with Crippen molar-refractivity contribution in [1.29, 1.82) is 0 Å². The summed E-state index contributed by atoms with van der Waals surface area (Å²) in [6, 6.07) is 7.02. The summed E-state index contributed by atoms with van der Waals surface area (Å²) in [4.78, 5) is 22.8.